The first-order valence-corrected chi connectivity index (χ1v) is 7.72. The fraction of sp³-hybridized carbons (Fsp3) is 0.647. The molecule has 0 saturated carbocycles. The van der Waals surface area contributed by atoms with Gasteiger partial charge in [-0.2, -0.15) is 0 Å². The summed E-state index contributed by atoms with van der Waals surface area (Å²) in [6.07, 6.45) is 1.47. The van der Waals surface area contributed by atoms with Gasteiger partial charge in [-0.05, 0) is 38.3 Å². The molecule has 1 N–H and O–H groups in total. The van der Waals surface area contributed by atoms with E-state index in [1.54, 1.807) is 0 Å². The molecule has 3 rings (SSSR count). The van der Waals surface area contributed by atoms with Crippen LogP contribution >= 0.6 is 0 Å². The van der Waals surface area contributed by atoms with Crippen LogP contribution < -0.4 is 5.32 Å². The summed E-state index contributed by atoms with van der Waals surface area (Å²) >= 11 is 0. The van der Waals surface area contributed by atoms with E-state index < -0.39 is 0 Å². The number of nitrogens with one attached hydrogen (secondary N) is 1. The summed E-state index contributed by atoms with van der Waals surface area (Å²) in [7, 11) is 0. The van der Waals surface area contributed by atoms with Gasteiger partial charge in [-0.1, -0.05) is 24.3 Å². The number of benzene rings is 1. The molecule has 1 fully saturated rings. The van der Waals surface area contributed by atoms with Crippen LogP contribution in [0.4, 0.5) is 0 Å². The third-order valence-corrected chi connectivity index (χ3v) is 4.28. The predicted octanol–water partition coefficient (Wildman–Crippen LogP) is 2.20. The minimum atomic E-state index is -0.0236. The van der Waals surface area contributed by atoms with Crippen molar-refractivity contribution in [3.8, 4) is 0 Å². The second-order valence-corrected chi connectivity index (χ2v) is 6.93. The number of nitrogens with zero attached hydrogens (tertiary/aromatic N) is 1. The third kappa shape index (κ3) is 3.22. The molecule has 2 heterocycles. The van der Waals surface area contributed by atoms with E-state index in [0.717, 1.165) is 32.6 Å². The Morgan fingerprint density at radius 3 is 2.80 bits per heavy atom. The van der Waals surface area contributed by atoms with E-state index in [1.807, 2.05) is 0 Å². The molecule has 1 aromatic carbocycles. The molecule has 2 aliphatic heterocycles. The zero-order valence-electron chi connectivity index (χ0n) is 12.9. The first-order valence-electron chi connectivity index (χ1n) is 7.72. The first-order chi connectivity index (χ1) is 9.52. The van der Waals surface area contributed by atoms with E-state index in [4.69, 9.17) is 4.74 Å². The molecule has 0 spiro atoms. The van der Waals surface area contributed by atoms with Gasteiger partial charge >= 0.3 is 0 Å². The molecule has 2 aliphatic rings. The van der Waals surface area contributed by atoms with Crippen LogP contribution in [0.1, 0.15) is 31.9 Å². The van der Waals surface area contributed by atoms with Crippen molar-refractivity contribution in [1.29, 1.82) is 0 Å². The highest BCUT2D eigenvalue weighted by Gasteiger charge is 2.32. The number of morpholine rings is 1. The predicted molar refractivity (Wildman–Crippen MR) is 81.8 cm³/mol. The van der Waals surface area contributed by atoms with Gasteiger partial charge in [-0.3, -0.25) is 4.90 Å². The van der Waals surface area contributed by atoms with Crippen molar-refractivity contribution >= 4 is 0 Å². The summed E-state index contributed by atoms with van der Waals surface area (Å²) < 4.78 is 5.99. The Morgan fingerprint density at radius 1 is 1.30 bits per heavy atom. The standard InChI is InChI=1S/C17H26N2O/c1-13-10-19(12-17(2,3)20-13)11-16-8-14-6-4-5-7-15(14)9-18-16/h4-7,13,16,18H,8-12H2,1-3H3. The zero-order valence-corrected chi connectivity index (χ0v) is 12.9. The van der Waals surface area contributed by atoms with Gasteiger partial charge in [0.05, 0.1) is 11.7 Å². The van der Waals surface area contributed by atoms with Crippen molar-refractivity contribution < 1.29 is 4.74 Å². The normalized spacial score (nSPS) is 29.9. The van der Waals surface area contributed by atoms with Gasteiger partial charge in [-0.25, -0.2) is 0 Å². The summed E-state index contributed by atoms with van der Waals surface area (Å²) in [5.74, 6) is 0. The van der Waals surface area contributed by atoms with Crippen LogP contribution in [0.25, 0.3) is 0 Å². The van der Waals surface area contributed by atoms with Gasteiger partial charge in [0.25, 0.3) is 0 Å². The van der Waals surface area contributed by atoms with E-state index in [2.05, 4.69) is 55.3 Å². The van der Waals surface area contributed by atoms with E-state index in [9.17, 15) is 0 Å². The molecule has 1 aromatic rings. The average molecular weight is 274 g/mol. The van der Waals surface area contributed by atoms with Crippen molar-refractivity contribution in [3.05, 3.63) is 35.4 Å². The minimum absolute atomic E-state index is 0.0236. The molecule has 2 unspecified atom stereocenters. The van der Waals surface area contributed by atoms with Gasteiger partial charge in [0.1, 0.15) is 0 Å². The van der Waals surface area contributed by atoms with Crippen LogP contribution in [0.5, 0.6) is 0 Å². The number of fused-ring (bicyclic) bond motifs is 1. The maximum Gasteiger partial charge on any atom is 0.0757 e. The van der Waals surface area contributed by atoms with Crippen LogP contribution in [0.15, 0.2) is 24.3 Å². The van der Waals surface area contributed by atoms with Crippen LogP contribution in [0.3, 0.4) is 0 Å². The molecule has 2 atom stereocenters. The van der Waals surface area contributed by atoms with Gasteiger partial charge in [-0.15, -0.1) is 0 Å². The summed E-state index contributed by atoms with van der Waals surface area (Å²) in [5.41, 5.74) is 2.95. The largest absolute Gasteiger partial charge is 0.370 e. The zero-order chi connectivity index (χ0) is 14.2. The number of rotatable bonds is 2. The third-order valence-electron chi connectivity index (χ3n) is 4.28. The van der Waals surface area contributed by atoms with Crippen molar-refractivity contribution in [3.63, 3.8) is 0 Å². The van der Waals surface area contributed by atoms with Gasteiger partial charge < -0.3 is 10.1 Å². The van der Waals surface area contributed by atoms with E-state index in [-0.39, 0.29) is 5.60 Å². The molecule has 0 amide bonds. The van der Waals surface area contributed by atoms with Crippen molar-refractivity contribution in [1.82, 2.24) is 10.2 Å². The topological polar surface area (TPSA) is 24.5 Å². The lowest BCUT2D eigenvalue weighted by atomic mass is 9.95. The van der Waals surface area contributed by atoms with Crippen LogP contribution in [-0.2, 0) is 17.7 Å². The first kappa shape index (κ1) is 14.1. The second-order valence-electron chi connectivity index (χ2n) is 6.93. The smallest absolute Gasteiger partial charge is 0.0757 e. The molecule has 110 valence electrons. The summed E-state index contributed by atoms with van der Waals surface area (Å²) in [5, 5.41) is 3.68. The van der Waals surface area contributed by atoms with E-state index >= 15 is 0 Å². The highest BCUT2D eigenvalue weighted by atomic mass is 16.5. The Morgan fingerprint density at radius 2 is 2.05 bits per heavy atom. The number of ether oxygens (including phenoxy) is 1. The summed E-state index contributed by atoms with van der Waals surface area (Å²) in [4.78, 5) is 2.56. The molecule has 0 bridgehead atoms. The lowest BCUT2D eigenvalue weighted by molar-refractivity contribution is -0.130. The Hall–Kier alpha value is -0.900. The molecule has 20 heavy (non-hydrogen) atoms. The van der Waals surface area contributed by atoms with Crippen LogP contribution in [-0.4, -0.2) is 42.3 Å². The highest BCUT2D eigenvalue weighted by molar-refractivity contribution is 5.30. The minimum Gasteiger partial charge on any atom is -0.370 e. The molecule has 0 radical (unpaired) electrons. The summed E-state index contributed by atoms with van der Waals surface area (Å²) in [6, 6.07) is 9.35. The molecule has 0 aromatic heterocycles. The molecule has 0 aliphatic carbocycles. The van der Waals surface area contributed by atoms with Crippen molar-refractivity contribution in [2.24, 2.45) is 0 Å². The maximum atomic E-state index is 5.99. The molecule has 3 nitrogen and oxygen atoms in total. The highest BCUT2D eigenvalue weighted by Crippen LogP contribution is 2.22. The van der Waals surface area contributed by atoms with Gasteiger partial charge in [0, 0.05) is 32.2 Å². The lowest BCUT2D eigenvalue weighted by Gasteiger charge is -2.43. The quantitative estimate of drug-likeness (QED) is 0.895. The van der Waals surface area contributed by atoms with Crippen LogP contribution in [0.2, 0.25) is 0 Å². The Bertz CT molecular complexity index is 472. The van der Waals surface area contributed by atoms with Gasteiger partial charge in [0.15, 0.2) is 0 Å². The average Bonchev–Trinajstić information content (AvgIpc) is 2.36. The monoisotopic (exact) mass is 274 g/mol. The lowest BCUT2D eigenvalue weighted by Crippen LogP contribution is -2.55. The molecular weight excluding hydrogens is 248 g/mol. The van der Waals surface area contributed by atoms with Crippen molar-refractivity contribution in [2.45, 2.75) is 51.5 Å². The Labute approximate surface area is 122 Å². The second kappa shape index (κ2) is 5.47. The van der Waals surface area contributed by atoms with Crippen molar-refractivity contribution in [2.75, 3.05) is 19.6 Å². The SMILES string of the molecule is CC1CN(CC2Cc3ccccc3CN2)CC(C)(C)O1. The Balaban J connectivity index is 1.62. The van der Waals surface area contributed by atoms with E-state index in [0.29, 0.717) is 12.1 Å². The van der Waals surface area contributed by atoms with Gasteiger partial charge in [0.2, 0.25) is 0 Å². The fourth-order valence-electron chi connectivity index (χ4n) is 3.69. The summed E-state index contributed by atoms with van der Waals surface area (Å²) in [6.45, 7) is 10.8. The van der Waals surface area contributed by atoms with Crippen LogP contribution in [0, 0.1) is 0 Å². The van der Waals surface area contributed by atoms with E-state index in [1.165, 1.54) is 11.1 Å². The fourth-order valence-corrected chi connectivity index (χ4v) is 3.69. The maximum absolute atomic E-state index is 5.99. The molecule has 1 saturated heterocycles. The Kier molecular flexibility index (Phi) is 3.85. The number of hydrogen-bond acceptors (Lipinski definition) is 3. The molecular formula is C17H26N2O. The number of hydrogen-bond donors (Lipinski definition) is 1. The molecule has 3 heteroatoms.